The van der Waals surface area contributed by atoms with Crippen LogP contribution >= 0.6 is 0 Å². The number of hydrogen-bond acceptors (Lipinski definition) is 3. The Kier molecular flexibility index (Phi) is 5.11. The van der Waals surface area contributed by atoms with Crippen LogP contribution in [0.3, 0.4) is 0 Å². The van der Waals surface area contributed by atoms with Crippen LogP contribution in [0.5, 0.6) is 0 Å². The van der Waals surface area contributed by atoms with Crippen molar-refractivity contribution >= 4 is 0 Å². The predicted molar refractivity (Wildman–Crippen MR) is 86.2 cm³/mol. The van der Waals surface area contributed by atoms with E-state index in [-0.39, 0.29) is 5.82 Å². The smallest absolute Gasteiger partial charge is 0.123 e. The summed E-state index contributed by atoms with van der Waals surface area (Å²) in [6, 6.07) is 6.06. The first-order valence-corrected chi connectivity index (χ1v) is 8.26. The number of nitrogens with zero attached hydrogens (tertiary/aromatic N) is 2. The van der Waals surface area contributed by atoms with Crippen LogP contribution < -0.4 is 0 Å². The number of morpholine rings is 1. The predicted octanol–water partition coefficient (Wildman–Crippen LogP) is 2.69. The third kappa shape index (κ3) is 3.86. The Balaban J connectivity index is 1.60. The van der Waals surface area contributed by atoms with Crippen molar-refractivity contribution in [1.29, 1.82) is 0 Å². The quantitative estimate of drug-likeness (QED) is 0.850. The molecule has 0 amide bonds. The van der Waals surface area contributed by atoms with E-state index in [0.717, 1.165) is 63.0 Å². The maximum absolute atomic E-state index is 13.8. The van der Waals surface area contributed by atoms with E-state index in [1.807, 2.05) is 13.8 Å². The maximum Gasteiger partial charge on any atom is 0.123 e. The van der Waals surface area contributed by atoms with Crippen molar-refractivity contribution in [2.24, 2.45) is 0 Å². The number of likely N-dealkylation sites (tertiary alicyclic amines) is 1. The van der Waals surface area contributed by atoms with Crippen LogP contribution in [0.1, 0.15) is 31.4 Å². The fourth-order valence-electron chi connectivity index (χ4n) is 3.49. The van der Waals surface area contributed by atoms with Gasteiger partial charge in [-0.25, -0.2) is 4.39 Å². The highest BCUT2D eigenvalue weighted by Gasteiger charge is 2.28. The lowest BCUT2D eigenvalue weighted by molar-refractivity contribution is 0.0184. The molecule has 1 radical (unpaired) electrons. The standard InChI is InChI=1S/C18H26FN2O/c1-14(2)16-9-15(10-17(19)11-16)12-20-4-3-18(13-20)21-5-7-22-8-6-21/h9-11,18H,3-8,12-13H2,1-2H3. The average molecular weight is 305 g/mol. The van der Waals surface area contributed by atoms with E-state index in [4.69, 9.17) is 4.74 Å². The number of hydrogen-bond donors (Lipinski definition) is 0. The molecule has 0 spiro atoms. The number of ether oxygens (including phenoxy) is 1. The van der Waals surface area contributed by atoms with Gasteiger partial charge in [0.2, 0.25) is 0 Å². The van der Waals surface area contributed by atoms with Gasteiger partial charge in [0, 0.05) is 38.8 Å². The summed E-state index contributed by atoms with van der Waals surface area (Å²) in [6.45, 7) is 10.9. The summed E-state index contributed by atoms with van der Waals surface area (Å²) in [5.41, 5.74) is 2.10. The Hall–Kier alpha value is -0.970. The summed E-state index contributed by atoms with van der Waals surface area (Å²) < 4.78 is 19.2. The Bertz CT molecular complexity index is 500. The van der Waals surface area contributed by atoms with Crippen molar-refractivity contribution < 1.29 is 9.13 Å². The SMILES string of the molecule is C[C](C)c1cc(F)cc(CN2CCC(N3CCOCC3)C2)c1. The zero-order chi connectivity index (χ0) is 15.5. The molecule has 0 saturated carbocycles. The van der Waals surface area contributed by atoms with Gasteiger partial charge in [0.05, 0.1) is 13.2 Å². The molecule has 2 aliphatic heterocycles. The Labute approximate surface area is 133 Å². The molecule has 2 fully saturated rings. The van der Waals surface area contributed by atoms with E-state index < -0.39 is 0 Å². The van der Waals surface area contributed by atoms with Crippen molar-refractivity contribution in [2.75, 3.05) is 39.4 Å². The van der Waals surface area contributed by atoms with Gasteiger partial charge >= 0.3 is 0 Å². The van der Waals surface area contributed by atoms with Crippen molar-refractivity contribution in [3.63, 3.8) is 0 Å². The molecule has 0 aliphatic carbocycles. The Morgan fingerprint density at radius 3 is 2.68 bits per heavy atom. The van der Waals surface area contributed by atoms with Crippen LogP contribution in [-0.4, -0.2) is 55.2 Å². The van der Waals surface area contributed by atoms with E-state index in [0.29, 0.717) is 6.04 Å². The molecule has 121 valence electrons. The van der Waals surface area contributed by atoms with Gasteiger partial charge in [-0.2, -0.15) is 0 Å². The Morgan fingerprint density at radius 1 is 1.18 bits per heavy atom. The maximum atomic E-state index is 13.8. The molecule has 3 rings (SSSR count). The monoisotopic (exact) mass is 305 g/mol. The van der Waals surface area contributed by atoms with Crippen LogP contribution in [0.2, 0.25) is 0 Å². The van der Waals surface area contributed by atoms with E-state index in [1.165, 1.54) is 6.42 Å². The molecular weight excluding hydrogens is 279 g/mol. The van der Waals surface area contributed by atoms with Crippen LogP contribution in [0.25, 0.3) is 0 Å². The molecule has 0 bridgehead atoms. The van der Waals surface area contributed by atoms with E-state index in [1.54, 1.807) is 12.1 Å². The van der Waals surface area contributed by atoms with Crippen molar-refractivity contribution in [2.45, 2.75) is 32.9 Å². The van der Waals surface area contributed by atoms with E-state index in [2.05, 4.69) is 15.9 Å². The molecule has 0 N–H and O–H groups in total. The van der Waals surface area contributed by atoms with Gasteiger partial charge in [0.15, 0.2) is 0 Å². The minimum Gasteiger partial charge on any atom is -0.379 e. The van der Waals surface area contributed by atoms with Crippen molar-refractivity contribution in [1.82, 2.24) is 9.80 Å². The lowest BCUT2D eigenvalue weighted by Crippen LogP contribution is -2.44. The van der Waals surface area contributed by atoms with Crippen molar-refractivity contribution in [3.05, 3.63) is 41.1 Å². The second-order valence-corrected chi connectivity index (χ2v) is 6.67. The molecule has 2 saturated heterocycles. The molecule has 1 unspecified atom stereocenters. The Morgan fingerprint density at radius 2 is 1.95 bits per heavy atom. The highest BCUT2D eigenvalue weighted by atomic mass is 19.1. The first-order valence-electron chi connectivity index (χ1n) is 8.26. The van der Waals surface area contributed by atoms with Gasteiger partial charge in [0.25, 0.3) is 0 Å². The molecule has 2 aliphatic rings. The van der Waals surface area contributed by atoms with E-state index >= 15 is 0 Å². The summed E-state index contributed by atoms with van der Waals surface area (Å²) >= 11 is 0. The summed E-state index contributed by atoms with van der Waals surface area (Å²) in [4.78, 5) is 4.99. The van der Waals surface area contributed by atoms with E-state index in [9.17, 15) is 4.39 Å². The fourth-order valence-corrected chi connectivity index (χ4v) is 3.49. The minimum absolute atomic E-state index is 0.127. The third-order valence-electron chi connectivity index (χ3n) is 4.75. The van der Waals surface area contributed by atoms with Gasteiger partial charge in [-0.15, -0.1) is 0 Å². The second kappa shape index (κ2) is 7.07. The van der Waals surface area contributed by atoms with Gasteiger partial charge in [-0.3, -0.25) is 9.80 Å². The first-order chi connectivity index (χ1) is 10.6. The molecule has 0 aromatic heterocycles. The summed E-state index contributed by atoms with van der Waals surface area (Å²) in [5, 5.41) is 0. The molecular formula is C18H26FN2O. The molecule has 1 aromatic rings. The number of benzene rings is 1. The molecule has 4 heteroatoms. The van der Waals surface area contributed by atoms with Gasteiger partial charge in [-0.05, 0) is 35.6 Å². The number of rotatable bonds is 4. The number of halogens is 1. The second-order valence-electron chi connectivity index (χ2n) is 6.67. The van der Waals surface area contributed by atoms with Crippen LogP contribution in [0.15, 0.2) is 18.2 Å². The third-order valence-corrected chi connectivity index (χ3v) is 4.75. The normalized spacial score (nSPS) is 24.3. The van der Waals surface area contributed by atoms with Gasteiger partial charge in [0.1, 0.15) is 5.82 Å². The van der Waals surface area contributed by atoms with Gasteiger partial charge in [-0.1, -0.05) is 19.9 Å². The summed E-state index contributed by atoms with van der Waals surface area (Å²) in [7, 11) is 0. The van der Waals surface area contributed by atoms with Crippen LogP contribution in [0, 0.1) is 11.7 Å². The van der Waals surface area contributed by atoms with Gasteiger partial charge < -0.3 is 4.74 Å². The lowest BCUT2D eigenvalue weighted by Gasteiger charge is -2.32. The fraction of sp³-hybridized carbons (Fsp3) is 0.611. The van der Waals surface area contributed by atoms with Crippen LogP contribution in [0.4, 0.5) is 4.39 Å². The highest BCUT2D eigenvalue weighted by molar-refractivity contribution is 5.33. The largest absolute Gasteiger partial charge is 0.379 e. The minimum atomic E-state index is -0.127. The summed E-state index contributed by atoms with van der Waals surface area (Å²) in [5.74, 6) is 1.03. The highest BCUT2D eigenvalue weighted by Crippen LogP contribution is 2.22. The lowest BCUT2D eigenvalue weighted by atomic mass is 10.0. The van der Waals surface area contributed by atoms with Crippen LogP contribution in [-0.2, 0) is 11.3 Å². The average Bonchev–Trinajstić information content (AvgIpc) is 2.96. The van der Waals surface area contributed by atoms with Crippen molar-refractivity contribution in [3.8, 4) is 0 Å². The zero-order valence-corrected chi connectivity index (χ0v) is 13.6. The molecule has 1 aromatic carbocycles. The molecule has 3 nitrogen and oxygen atoms in total. The molecule has 2 heterocycles. The first kappa shape index (κ1) is 15.9. The topological polar surface area (TPSA) is 15.7 Å². The summed E-state index contributed by atoms with van der Waals surface area (Å²) in [6.07, 6.45) is 1.21. The molecule has 22 heavy (non-hydrogen) atoms. The zero-order valence-electron chi connectivity index (χ0n) is 13.6. The molecule has 1 atom stereocenters.